The predicted octanol–water partition coefficient (Wildman–Crippen LogP) is 3.22. The third kappa shape index (κ3) is 4.20. The molecule has 0 bridgehead atoms. The molecule has 0 unspecified atom stereocenters. The number of rotatable bonds is 6. The van der Waals surface area contributed by atoms with Crippen LogP contribution in [0.15, 0.2) is 46.5 Å². The third-order valence-electron chi connectivity index (χ3n) is 3.82. The second kappa shape index (κ2) is 8.09. The molecule has 27 heavy (non-hydrogen) atoms. The van der Waals surface area contributed by atoms with Crippen LogP contribution in [0.2, 0.25) is 5.02 Å². The molecule has 0 aliphatic heterocycles. The van der Waals surface area contributed by atoms with E-state index in [9.17, 15) is 4.79 Å². The number of halogens is 1. The van der Waals surface area contributed by atoms with Crippen molar-refractivity contribution in [2.75, 3.05) is 14.2 Å². The average molecular weight is 388 g/mol. The number of hydrogen-bond acceptors (Lipinski definition) is 6. The molecule has 0 N–H and O–H groups in total. The summed E-state index contributed by atoms with van der Waals surface area (Å²) in [5.41, 5.74) is 2.59. The Balaban J connectivity index is 1.74. The molecule has 140 valence electrons. The molecular weight excluding hydrogens is 370 g/mol. The number of benzene rings is 1. The minimum Gasteiger partial charge on any atom is -0.493 e. The summed E-state index contributed by atoms with van der Waals surface area (Å²) in [5.74, 6) is 0.944. The molecule has 0 saturated heterocycles. The van der Waals surface area contributed by atoms with Gasteiger partial charge < -0.3 is 14.3 Å². The van der Waals surface area contributed by atoms with E-state index in [0.717, 1.165) is 5.56 Å². The number of hydrogen-bond donors (Lipinski definition) is 0. The van der Waals surface area contributed by atoms with Crippen molar-refractivity contribution in [1.29, 1.82) is 0 Å². The zero-order chi connectivity index (χ0) is 19.4. The molecular formula is C19H18ClN3O4. The first kappa shape index (κ1) is 18.7. The molecule has 0 saturated carbocycles. The Kier molecular flexibility index (Phi) is 5.61. The Bertz CT molecular complexity index is 1060. The summed E-state index contributed by atoms with van der Waals surface area (Å²) in [6, 6.07) is 8.51. The molecule has 0 fully saturated rings. The van der Waals surface area contributed by atoms with Gasteiger partial charge in [-0.1, -0.05) is 16.8 Å². The van der Waals surface area contributed by atoms with Crippen molar-refractivity contribution in [3.63, 3.8) is 0 Å². The number of oxime groups is 1. The van der Waals surface area contributed by atoms with Gasteiger partial charge in [0.25, 0.3) is 5.56 Å². The van der Waals surface area contributed by atoms with Crippen molar-refractivity contribution < 1.29 is 14.3 Å². The van der Waals surface area contributed by atoms with E-state index in [1.165, 1.54) is 30.9 Å². The summed E-state index contributed by atoms with van der Waals surface area (Å²) in [4.78, 5) is 21.8. The molecule has 2 aromatic heterocycles. The first-order valence-corrected chi connectivity index (χ1v) is 8.45. The highest BCUT2D eigenvalue weighted by atomic mass is 35.5. The van der Waals surface area contributed by atoms with Gasteiger partial charge in [-0.3, -0.25) is 9.20 Å². The van der Waals surface area contributed by atoms with Crippen molar-refractivity contribution in [1.82, 2.24) is 9.38 Å². The Labute approximate surface area is 160 Å². The zero-order valence-corrected chi connectivity index (χ0v) is 15.9. The maximum Gasteiger partial charge on any atom is 0.258 e. The lowest BCUT2D eigenvalue weighted by molar-refractivity contribution is 0.129. The number of ether oxygens (including phenoxy) is 2. The van der Waals surface area contributed by atoms with Gasteiger partial charge in [-0.15, -0.1) is 0 Å². The highest BCUT2D eigenvalue weighted by Crippen LogP contribution is 2.35. The number of nitrogens with zero attached hydrogens (tertiary/aromatic N) is 3. The van der Waals surface area contributed by atoms with Gasteiger partial charge in [0.15, 0.2) is 18.1 Å². The fraction of sp³-hybridized carbons (Fsp3) is 0.211. The maximum absolute atomic E-state index is 12.1. The van der Waals surface area contributed by atoms with Crippen LogP contribution >= 0.6 is 11.6 Å². The summed E-state index contributed by atoms with van der Waals surface area (Å²) in [6.07, 6.45) is 3.19. The molecule has 0 aliphatic rings. The molecule has 0 amide bonds. The van der Waals surface area contributed by atoms with Gasteiger partial charge in [0.2, 0.25) is 0 Å². The van der Waals surface area contributed by atoms with Crippen LogP contribution in [0.25, 0.3) is 5.65 Å². The lowest BCUT2D eigenvalue weighted by atomic mass is 10.2. The smallest absolute Gasteiger partial charge is 0.258 e. The number of fused-ring (bicyclic) bond motifs is 1. The van der Waals surface area contributed by atoms with Gasteiger partial charge in [-0.2, -0.15) is 0 Å². The van der Waals surface area contributed by atoms with Crippen LogP contribution in [0.4, 0.5) is 0 Å². The Morgan fingerprint density at radius 2 is 2.04 bits per heavy atom. The maximum atomic E-state index is 12.1. The van der Waals surface area contributed by atoms with E-state index in [0.29, 0.717) is 33.4 Å². The van der Waals surface area contributed by atoms with Gasteiger partial charge in [0.05, 0.1) is 31.2 Å². The lowest BCUT2D eigenvalue weighted by Gasteiger charge is -2.09. The van der Waals surface area contributed by atoms with E-state index in [2.05, 4.69) is 10.1 Å². The highest BCUT2D eigenvalue weighted by molar-refractivity contribution is 6.32. The van der Waals surface area contributed by atoms with Crippen LogP contribution in [0.5, 0.6) is 11.5 Å². The van der Waals surface area contributed by atoms with Crippen LogP contribution in [-0.4, -0.2) is 29.8 Å². The van der Waals surface area contributed by atoms with E-state index >= 15 is 0 Å². The molecule has 8 heteroatoms. The number of aryl methyl sites for hydroxylation is 1. The molecule has 3 rings (SSSR count). The minimum absolute atomic E-state index is 0.0667. The molecule has 1 aromatic carbocycles. The van der Waals surface area contributed by atoms with Gasteiger partial charge in [0, 0.05) is 17.8 Å². The quantitative estimate of drug-likeness (QED) is 0.479. The summed E-state index contributed by atoms with van der Waals surface area (Å²) < 4.78 is 11.9. The van der Waals surface area contributed by atoms with Crippen molar-refractivity contribution in [2.24, 2.45) is 5.16 Å². The molecule has 7 nitrogen and oxygen atoms in total. The number of pyridine rings is 1. The van der Waals surface area contributed by atoms with Gasteiger partial charge in [-0.25, -0.2) is 4.98 Å². The van der Waals surface area contributed by atoms with E-state index in [-0.39, 0.29) is 12.2 Å². The van der Waals surface area contributed by atoms with Crippen molar-refractivity contribution in [2.45, 2.75) is 13.5 Å². The van der Waals surface area contributed by atoms with Crippen LogP contribution in [0.3, 0.4) is 0 Å². The average Bonchev–Trinajstić information content (AvgIpc) is 2.64. The minimum atomic E-state index is -0.172. The van der Waals surface area contributed by atoms with Crippen LogP contribution in [0, 0.1) is 6.92 Å². The Hall–Kier alpha value is -3.06. The Morgan fingerprint density at radius 1 is 1.22 bits per heavy atom. The molecule has 3 aromatic rings. The Morgan fingerprint density at radius 3 is 2.78 bits per heavy atom. The van der Waals surface area contributed by atoms with Crippen molar-refractivity contribution in [3.05, 3.63) is 68.7 Å². The second-order valence-corrected chi connectivity index (χ2v) is 6.17. The normalized spacial score (nSPS) is 11.1. The standard InChI is InChI=1S/C19H18ClN3O4/c1-12-4-5-23-17(6-12)22-14(9-18(23)24)11-27-21-10-13-7-15(20)19(26-3)16(8-13)25-2/h4-10H,11H2,1-3H3/b21-10+. The largest absolute Gasteiger partial charge is 0.493 e. The summed E-state index contributed by atoms with van der Waals surface area (Å²) in [7, 11) is 3.04. The SMILES string of the molecule is COc1cc(/C=N/OCc2cc(=O)n3ccc(C)cc3n2)cc(Cl)c1OC. The zero-order valence-electron chi connectivity index (χ0n) is 15.1. The van der Waals surface area contributed by atoms with E-state index in [4.69, 9.17) is 25.9 Å². The second-order valence-electron chi connectivity index (χ2n) is 5.76. The van der Waals surface area contributed by atoms with E-state index in [1.807, 2.05) is 19.1 Å². The van der Waals surface area contributed by atoms with Crippen LogP contribution < -0.4 is 15.0 Å². The number of aromatic nitrogens is 2. The van der Waals surface area contributed by atoms with Crippen molar-refractivity contribution in [3.8, 4) is 11.5 Å². The van der Waals surface area contributed by atoms with Crippen LogP contribution in [-0.2, 0) is 11.4 Å². The molecule has 0 atom stereocenters. The molecule has 0 radical (unpaired) electrons. The van der Waals surface area contributed by atoms with Crippen LogP contribution in [0.1, 0.15) is 16.8 Å². The fourth-order valence-electron chi connectivity index (χ4n) is 2.54. The fourth-order valence-corrected chi connectivity index (χ4v) is 2.84. The van der Waals surface area contributed by atoms with Gasteiger partial charge >= 0.3 is 0 Å². The molecule has 2 heterocycles. The summed E-state index contributed by atoms with van der Waals surface area (Å²) in [6.45, 7) is 2.01. The van der Waals surface area contributed by atoms with E-state index in [1.54, 1.807) is 18.3 Å². The molecule has 0 spiro atoms. The first-order valence-electron chi connectivity index (χ1n) is 8.07. The number of methoxy groups -OCH3 is 2. The summed E-state index contributed by atoms with van der Waals surface area (Å²) in [5, 5.41) is 4.31. The van der Waals surface area contributed by atoms with Gasteiger partial charge in [-0.05, 0) is 36.8 Å². The predicted molar refractivity (Wildman–Crippen MR) is 103 cm³/mol. The van der Waals surface area contributed by atoms with Crippen molar-refractivity contribution >= 4 is 23.5 Å². The highest BCUT2D eigenvalue weighted by Gasteiger charge is 2.10. The molecule has 0 aliphatic carbocycles. The van der Waals surface area contributed by atoms with E-state index < -0.39 is 0 Å². The van der Waals surface area contributed by atoms with Gasteiger partial charge in [0.1, 0.15) is 5.65 Å². The summed E-state index contributed by atoms with van der Waals surface area (Å²) >= 11 is 6.15. The third-order valence-corrected chi connectivity index (χ3v) is 4.10. The lowest BCUT2D eigenvalue weighted by Crippen LogP contribution is -2.15. The first-order chi connectivity index (χ1) is 13.0. The topological polar surface area (TPSA) is 74.4 Å². The monoisotopic (exact) mass is 387 g/mol.